The van der Waals surface area contributed by atoms with Crippen LogP contribution in [0.4, 0.5) is 13.2 Å². The van der Waals surface area contributed by atoms with Crippen LogP contribution in [0.25, 0.3) is 0 Å². The fourth-order valence-electron chi connectivity index (χ4n) is 2.48. The number of ether oxygens (including phenoxy) is 2. The molecule has 0 fully saturated rings. The Balaban J connectivity index is 1.87. The zero-order valence-electron chi connectivity index (χ0n) is 15.5. The van der Waals surface area contributed by atoms with E-state index in [-0.39, 0.29) is 24.4 Å². The minimum Gasteiger partial charge on any atom is -0.497 e. The maximum absolute atomic E-state index is 12.7. The van der Waals surface area contributed by atoms with Crippen molar-refractivity contribution in [3.8, 4) is 23.3 Å². The molecule has 0 aromatic heterocycles. The highest BCUT2D eigenvalue weighted by Crippen LogP contribution is 2.29. The molecule has 0 radical (unpaired) electrons. The van der Waals surface area contributed by atoms with E-state index in [4.69, 9.17) is 9.47 Å². The molecule has 0 saturated carbocycles. The van der Waals surface area contributed by atoms with Crippen LogP contribution in [0.15, 0.2) is 42.5 Å². The van der Waals surface area contributed by atoms with E-state index in [1.807, 2.05) is 0 Å². The molecular formula is C21H20F3NO3. The van der Waals surface area contributed by atoms with Gasteiger partial charge in [0, 0.05) is 12.0 Å². The van der Waals surface area contributed by atoms with Crippen molar-refractivity contribution in [3.63, 3.8) is 0 Å². The number of hydrogen-bond acceptors (Lipinski definition) is 3. The SMILES string of the molecule is COc1ccc(OC)c(CCC(=O)NCC#Cc2cccc(C(F)(F)F)c2)c1. The minimum atomic E-state index is -4.41. The maximum atomic E-state index is 12.7. The predicted octanol–water partition coefficient (Wildman–Crippen LogP) is 3.82. The average molecular weight is 391 g/mol. The Hall–Kier alpha value is -3.14. The minimum absolute atomic E-state index is 0.0460. The monoisotopic (exact) mass is 391 g/mol. The normalized spacial score (nSPS) is 10.6. The van der Waals surface area contributed by atoms with Crippen molar-refractivity contribution in [2.45, 2.75) is 19.0 Å². The third-order valence-corrected chi connectivity index (χ3v) is 3.91. The summed E-state index contributed by atoms with van der Waals surface area (Å²) in [5.41, 5.74) is 0.327. The molecule has 0 heterocycles. The molecular weight excluding hydrogens is 371 g/mol. The Bertz CT molecular complexity index is 882. The fourth-order valence-corrected chi connectivity index (χ4v) is 2.48. The lowest BCUT2D eigenvalue weighted by atomic mass is 10.1. The van der Waals surface area contributed by atoms with E-state index in [9.17, 15) is 18.0 Å². The first-order valence-corrected chi connectivity index (χ1v) is 8.47. The van der Waals surface area contributed by atoms with Crippen molar-refractivity contribution < 1.29 is 27.4 Å². The first kappa shape index (κ1) is 21.2. The second-order valence-electron chi connectivity index (χ2n) is 5.83. The van der Waals surface area contributed by atoms with Gasteiger partial charge in [-0.1, -0.05) is 17.9 Å². The number of rotatable bonds is 6. The Morgan fingerprint density at radius 3 is 2.57 bits per heavy atom. The van der Waals surface area contributed by atoms with Crippen LogP contribution in [0.3, 0.4) is 0 Å². The molecule has 0 aliphatic heterocycles. The van der Waals surface area contributed by atoms with Gasteiger partial charge in [0.25, 0.3) is 0 Å². The third-order valence-electron chi connectivity index (χ3n) is 3.91. The van der Waals surface area contributed by atoms with Crippen LogP contribution in [-0.2, 0) is 17.4 Å². The predicted molar refractivity (Wildman–Crippen MR) is 99.2 cm³/mol. The number of hydrogen-bond donors (Lipinski definition) is 1. The number of benzene rings is 2. The van der Waals surface area contributed by atoms with Crippen LogP contribution in [-0.4, -0.2) is 26.7 Å². The summed E-state index contributed by atoms with van der Waals surface area (Å²) in [6.45, 7) is 0.0460. The number of alkyl halides is 3. The van der Waals surface area contributed by atoms with Crippen LogP contribution in [0.2, 0.25) is 0 Å². The van der Waals surface area contributed by atoms with Crippen molar-refractivity contribution in [2.75, 3.05) is 20.8 Å². The van der Waals surface area contributed by atoms with Gasteiger partial charge < -0.3 is 14.8 Å². The molecule has 0 spiro atoms. The molecule has 0 aliphatic rings. The zero-order chi connectivity index (χ0) is 20.6. The molecule has 0 saturated heterocycles. The van der Waals surface area contributed by atoms with Gasteiger partial charge in [-0.15, -0.1) is 0 Å². The van der Waals surface area contributed by atoms with E-state index in [2.05, 4.69) is 17.2 Å². The number of halogens is 3. The van der Waals surface area contributed by atoms with Gasteiger partial charge in [-0.05, 0) is 48.4 Å². The first-order valence-electron chi connectivity index (χ1n) is 8.47. The largest absolute Gasteiger partial charge is 0.497 e. The summed E-state index contributed by atoms with van der Waals surface area (Å²) < 4.78 is 48.4. The Kier molecular flexibility index (Phi) is 7.33. The smallest absolute Gasteiger partial charge is 0.416 e. The molecule has 1 amide bonds. The summed E-state index contributed by atoms with van der Waals surface area (Å²) in [5, 5.41) is 2.63. The quantitative estimate of drug-likeness (QED) is 0.762. The van der Waals surface area contributed by atoms with E-state index < -0.39 is 11.7 Å². The topological polar surface area (TPSA) is 47.6 Å². The summed E-state index contributed by atoms with van der Waals surface area (Å²) in [4.78, 5) is 12.0. The summed E-state index contributed by atoms with van der Waals surface area (Å²) in [6.07, 6.45) is -3.74. The molecule has 28 heavy (non-hydrogen) atoms. The van der Waals surface area contributed by atoms with Crippen LogP contribution in [0.1, 0.15) is 23.1 Å². The summed E-state index contributed by atoms with van der Waals surface area (Å²) in [7, 11) is 3.11. The van der Waals surface area contributed by atoms with Gasteiger partial charge in [-0.25, -0.2) is 0 Å². The highest BCUT2D eigenvalue weighted by Gasteiger charge is 2.30. The van der Waals surface area contributed by atoms with Gasteiger partial charge in [-0.3, -0.25) is 4.79 Å². The number of carbonyl (C=O) groups excluding carboxylic acids is 1. The zero-order valence-corrected chi connectivity index (χ0v) is 15.5. The van der Waals surface area contributed by atoms with E-state index in [0.717, 1.165) is 17.7 Å². The highest BCUT2D eigenvalue weighted by molar-refractivity contribution is 5.76. The first-order chi connectivity index (χ1) is 13.3. The van der Waals surface area contributed by atoms with Gasteiger partial charge in [0.2, 0.25) is 5.91 Å². The van der Waals surface area contributed by atoms with Crippen molar-refractivity contribution in [1.82, 2.24) is 5.32 Å². The molecule has 7 heteroatoms. The van der Waals surface area contributed by atoms with Gasteiger partial charge in [0.1, 0.15) is 11.5 Å². The van der Waals surface area contributed by atoms with Crippen molar-refractivity contribution in [2.24, 2.45) is 0 Å². The van der Waals surface area contributed by atoms with Crippen molar-refractivity contribution in [3.05, 3.63) is 59.2 Å². The van der Waals surface area contributed by atoms with Crippen LogP contribution in [0, 0.1) is 11.8 Å². The van der Waals surface area contributed by atoms with Crippen LogP contribution >= 0.6 is 0 Å². The van der Waals surface area contributed by atoms with E-state index in [0.29, 0.717) is 17.9 Å². The molecule has 4 nitrogen and oxygen atoms in total. The molecule has 0 atom stereocenters. The highest BCUT2D eigenvalue weighted by atomic mass is 19.4. The van der Waals surface area contributed by atoms with Gasteiger partial charge >= 0.3 is 6.18 Å². The fraction of sp³-hybridized carbons (Fsp3) is 0.286. The van der Waals surface area contributed by atoms with Gasteiger partial charge in [-0.2, -0.15) is 13.2 Å². The molecule has 148 valence electrons. The lowest BCUT2D eigenvalue weighted by Crippen LogP contribution is -2.23. The van der Waals surface area contributed by atoms with Crippen LogP contribution < -0.4 is 14.8 Å². The third kappa shape index (κ3) is 6.23. The molecule has 1 N–H and O–H groups in total. The molecule has 2 aromatic carbocycles. The van der Waals surface area contributed by atoms with Crippen LogP contribution in [0.5, 0.6) is 11.5 Å². The second kappa shape index (κ2) is 9.70. The molecule has 2 rings (SSSR count). The Morgan fingerprint density at radius 2 is 1.89 bits per heavy atom. The van der Waals surface area contributed by atoms with Crippen molar-refractivity contribution >= 4 is 5.91 Å². The standard InChI is InChI=1S/C21H20F3NO3/c1-27-18-9-10-19(28-2)16(14-18)8-11-20(26)25-12-4-6-15-5-3-7-17(13-15)21(22,23)24/h3,5,7,9-10,13-14H,8,11-12H2,1-2H3,(H,25,26). The number of nitrogens with one attached hydrogen (secondary N) is 1. The summed E-state index contributed by atoms with van der Waals surface area (Å²) in [5.74, 6) is 6.39. The number of aryl methyl sites for hydroxylation is 1. The van der Waals surface area contributed by atoms with Gasteiger partial charge in [0.05, 0.1) is 26.3 Å². The van der Waals surface area contributed by atoms with E-state index >= 15 is 0 Å². The number of methoxy groups -OCH3 is 2. The van der Waals surface area contributed by atoms with Gasteiger partial charge in [0.15, 0.2) is 0 Å². The molecule has 2 aromatic rings. The lowest BCUT2D eigenvalue weighted by molar-refractivity contribution is -0.137. The van der Waals surface area contributed by atoms with E-state index in [1.54, 1.807) is 32.4 Å². The second-order valence-corrected chi connectivity index (χ2v) is 5.83. The summed E-state index contributed by atoms with van der Waals surface area (Å²) in [6, 6.07) is 10.1. The maximum Gasteiger partial charge on any atom is 0.416 e. The molecule has 0 aliphatic carbocycles. The molecule has 0 unspecified atom stereocenters. The lowest BCUT2D eigenvalue weighted by Gasteiger charge is -2.10. The Morgan fingerprint density at radius 1 is 1.11 bits per heavy atom. The summed E-state index contributed by atoms with van der Waals surface area (Å²) >= 11 is 0. The molecule has 0 bridgehead atoms. The van der Waals surface area contributed by atoms with E-state index in [1.165, 1.54) is 12.1 Å². The number of carbonyl (C=O) groups is 1. The number of amides is 1. The van der Waals surface area contributed by atoms with Crippen molar-refractivity contribution in [1.29, 1.82) is 0 Å². The average Bonchev–Trinajstić information content (AvgIpc) is 2.69. The Labute approximate surface area is 161 Å².